The van der Waals surface area contributed by atoms with E-state index in [1.165, 1.54) is 103 Å². The third kappa shape index (κ3) is 13.0. The van der Waals surface area contributed by atoms with Crippen LogP contribution in [0, 0.1) is 0 Å². The van der Waals surface area contributed by atoms with Crippen molar-refractivity contribution in [2.75, 3.05) is 13.1 Å². The van der Waals surface area contributed by atoms with Crippen LogP contribution in [0.4, 0.5) is 0 Å². The zero-order valence-corrected chi connectivity index (χ0v) is 17.3. The van der Waals surface area contributed by atoms with E-state index in [0.29, 0.717) is 5.54 Å². The Bertz CT molecular complexity index is 234. The minimum atomic E-state index is 0.391. The van der Waals surface area contributed by atoms with E-state index in [4.69, 9.17) is 0 Å². The van der Waals surface area contributed by atoms with E-state index < -0.39 is 0 Å². The molecular weight excluding hydrogens is 278 g/mol. The third-order valence-corrected chi connectivity index (χ3v) is 5.41. The normalized spacial score (nSPS) is 12.3. The van der Waals surface area contributed by atoms with Gasteiger partial charge in [0.15, 0.2) is 0 Å². The summed E-state index contributed by atoms with van der Waals surface area (Å²) < 4.78 is 0. The molecule has 0 radical (unpaired) electrons. The highest BCUT2D eigenvalue weighted by atomic mass is 15.2. The SMILES string of the molecule is CCCCCCCCCCN(CC)C(C)(C)CCCCCCC. The van der Waals surface area contributed by atoms with Crippen molar-refractivity contribution in [3.8, 4) is 0 Å². The molecule has 0 heterocycles. The minimum Gasteiger partial charge on any atom is -0.298 e. The molecule has 0 amide bonds. The lowest BCUT2D eigenvalue weighted by Gasteiger charge is -2.38. The van der Waals surface area contributed by atoms with Crippen LogP contribution in [0.3, 0.4) is 0 Å². The van der Waals surface area contributed by atoms with Crippen LogP contribution in [0.5, 0.6) is 0 Å². The smallest absolute Gasteiger partial charge is 0.0153 e. The predicted molar refractivity (Wildman–Crippen MR) is 107 cm³/mol. The van der Waals surface area contributed by atoms with Gasteiger partial charge in [-0.15, -0.1) is 0 Å². The van der Waals surface area contributed by atoms with E-state index in [1.54, 1.807) is 0 Å². The van der Waals surface area contributed by atoms with Crippen LogP contribution in [0.15, 0.2) is 0 Å². The first kappa shape index (κ1) is 23.0. The fourth-order valence-electron chi connectivity index (χ4n) is 3.64. The molecule has 23 heavy (non-hydrogen) atoms. The second-order valence-corrected chi connectivity index (χ2v) is 8.03. The lowest BCUT2D eigenvalue weighted by Crippen LogP contribution is -2.44. The molecule has 0 atom stereocenters. The van der Waals surface area contributed by atoms with Crippen LogP contribution in [-0.4, -0.2) is 23.5 Å². The molecule has 0 saturated carbocycles. The number of hydrogen-bond donors (Lipinski definition) is 0. The minimum absolute atomic E-state index is 0.391. The average molecular weight is 326 g/mol. The Morgan fingerprint density at radius 2 is 1.00 bits per heavy atom. The Morgan fingerprint density at radius 1 is 0.565 bits per heavy atom. The quantitative estimate of drug-likeness (QED) is 0.249. The molecule has 0 aliphatic heterocycles. The topological polar surface area (TPSA) is 3.24 Å². The largest absolute Gasteiger partial charge is 0.298 e. The van der Waals surface area contributed by atoms with E-state index in [9.17, 15) is 0 Å². The van der Waals surface area contributed by atoms with Gasteiger partial charge < -0.3 is 0 Å². The van der Waals surface area contributed by atoms with Crippen molar-refractivity contribution in [3.05, 3.63) is 0 Å². The molecule has 0 saturated heterocycles. The van der Waals surface area contributed by atoms with Crippen molar-refractivity contribution in [2.45, 2.75) is 130 Å². The van der Waals surface area contributed by atoms with Gasteiger partial charge >= 0.3 is 0 Å². The highest BCUT2D eigenvalue weighted by Gasteiger charge is 2.24. The van der Waals surface area contributed by atoms with Crippen LogP contribution >= 0.6 is 0 Å². The van der Waals surface area contributed by atoms with Gasteiger partial charge in [-0.25, -0.2) is 0 Å². The molecule has 0 aromatic rings. The third-order valence-electron chi connectivity index (χ3n) is 5.41. The lowest BCUT2D eigenvalue weighted by atomic mass is 9.93. The summed E-state index contributed by atoms with van der Waals surface area (Å²) >= 11 is 0. The molecular formula is C22H47N. The molecule has 1 nitrogen and oxygen atoms in total. The zero-order valence-electron chi connectivity index (χ0n) is 17.3. The Balaban J connectivity index is 3.75. The van der Waals surface area contributed by atoms with E-state index in [2.05, 4.69) is 39.5 Å². The van der Waals surface area contributed by atoms with E-state index >= 15 is 0 Å². The van der Waals surface area contributed by atoms with Gasteiger partial charge in [0.05, 0.1) is 0 Å². The summed E-state index contributed by atoms with van der Waals surface area (Å²) in [6.45, 7) is 14.4. The number of unbranched alkanes of at least 4 members (excludes halogenated alkanes) is 11. The summed E-state index contributed by atoms with van der Waals surface area (Å²) in [7, 11) is 0. The highest BCUT2D eigenvalue weighted by molar-refractivity contribution is 4.80. The maximum atomic E-state index is 2.73. The zero-order chi connectivity index (χ0) is 17.4. The summed E-state index contributed by atoms with van der Waals surface area (Å²) in [4.78, 5) is 2.73. The molecule has 0 spiro atoms. The second kappa shape index (κ2) is 15.5. The molecule has 0 aromatic heterocycles. The van der Waals surface area contributed by atoms with Gasteiger partial charge in [0, 0.05) is 5.54 Å². The first-order chi connectivity index (χ1) is 11.1. The van der Waals surface area contributed by atoms with Gasteiger partial charge in [-0.1, -0.05) is 97.8 Å². The molecule has 0 aromatic carbocycles. The molecule has 0 bridgehead atoms. The molecule has 0 N–H and O–H groups in total. The van der Waals surface area contributed by atoms with Gasteiger partial charge in [-0.2, -0.15) is 0 Å². The molecule has 0 aliphatic rings. The molecule has 0 unspecified atom stereocenters. The van der Waals surface area contributed by atoms with Crippen molar-refractivity contribution in [3.63, 3.8) is 0 Å². The van der Waals surface area contributed by atoms with Gasteiger partial charge in [0.2, 0.25) is 0 Å². The Labute approximate surface area is 148 Å². The van der Waals surface area contributed by atoms with Crippen molar-refractivity contribution < 1.29 is 0 Å². The van der Waals surface area contributed by atoms with Crippen molar-refractivity contribution in [1.82, 2.24) is 4.90 Å². The molecule has 0 rings (SSSR count). The fourth-order valence-corrected chi connectivity index (χ4v) is 3.64. The van der Waals surface area contributed by atoms with Crippen molar-refractivity contribution in [2.24, 2.45) is 0 Å². The predicted octanol–water partition coefficient (Wildman–Crippen LogP) is 7.59. The Kier molecular flexibility index (Phi) is 15.5. The average Bonchev–Trinajstić information content (AvgIpc) is 2.53. The first-order valence-electron chi connectivity index (χ1n) is 10.8. The van der Waals surface area contributed by atoms with E-state index in [1.807, 2.05) is 0 Å². The monoisotopic (exact) mass is 325 g/mol. The standard InChI is InChI=1S/C22H47N/c1-6-9-11-13-14-15-17-19-21-23(8-3)22(4,5)20-18-16-12-10-7-2/h6-21H2,1-5H3. The van der Waals surface area contributed by atoms with Crippen LogP contribution in [0.25, 0.3) is 0 Å². The van der Waals surface area contributed by atoms with Crippen LogP contribution in [0.1, 0.15) is 125 Å². The van der Waals surface area contributed by atoms with E-state index in [0.717, 1.165) is 0 Å². The van der Waals surface area contributed by atoms with Crippen molar-refractivity contribution >= 4 is 0 Å². The maximum absolute atomic E-state index is 2.73. The molecule has 0 fully saturated rings. The lowest BCUT2D eigenvalue weighted by molar-refractivity contribution is 0.112. The van der Waals surface area contributed by atoms with Gasteiger partial charge in [-0.3, -0.25) is 4.90 Å². The highest BCUT2D eigenvalue weighted by Crippen LogP contribution is 2.23. The summed E-state index contributed by atoms with van der Waals surface area (Å²) in [5.74, 6) is 0. The van der Waals surface area contributed by atoms with Crippen LogP contribution in [0.2, 0.25) is 0 Å². The van der Waals surface area contributed by atoms with Crippen LogP contribution in [-0.2, 0) is 0 Å². The molecule has 140 valence electrons. The van der Waals surface area contributed by atoms with Gasteiger partial charge in [0.1, 0.15) is 0 Å². The summed E-state index contributed by atoms with van der Waals surface area (Å²) in [6.07, 6.45) is 19.8. The van der Waals surface area contributed by atoms with Crippen LogP contribution < -0.4 is 0 Å². The fraction of sp³-hybridized carbons (Fsp3) is 1.00. The van der Waals surface area contributed by atoms with E-state index in [-0.39, 0.29) is 0 Å². The number of hydrogen-bond acceptors (Lipinski definition) is 1. The molecule has 1 heteroatoms. The van der Waals surface area contributed by atoms with Gasteiger partial charge in [-0.05, 0) is 39.8 Å². The number of nitrogens with zero attached hydrogens (tertiary/aromatic N) is 1. The second-order valence-electron chi connectivity index (χ2n) is 8.03. The van der Waals surface area contributed by atoms with Crippen molar-refractivity contribution in [1.29, 1.82) is 0 Å². The Morgan fingerprint density at radius 3 is 1.48 bits per heavy atom. The maximum Gasteiger partial charge on any atom is 0.0153 e. The Hall–Kier alpha value is -0.0400. The summed E-state index contributed by atoms with van der Waals surface area (Å²) in [5.41, 5.74) is 0.391. The first-order valence-corrected chi connectivity index (χ1v) is 10.8. The molecule has 0 aliphatic carbocycles. The number of rotatable bonds is 17. The summed E-state index contributed by atoms with van der Waals surface area (Å²) in [6, 6.07) is 0. The summed E-state index contributed by atoms with van der Waals surface area (Å²) in [5, 5.41) is 0. The van der Waals surface area contributed by atoms with Gasteiger partial charge in [0.25, 0.3) is 0 Å².